The second kappa shape index (κ2) is 6.41. The maximum absolute atomic E-state index is 12.8. The molecule has 0 fully saturated rings. The number of anilines is 1. The summed E-state index contributed by atoms with van der Waals surface area (Å²) in [5.41, 5.74) is 0.302. The number of nitrogens with zero attached hydrogens (tertiary/aromatic N) is 1. The van der Waals surface area contributed by atoms with Crippen molar-refractivity contribution in [3.05, 3.63) is 59.4 Å². The minimum atomic E-state index is -0.693. The summed E-state index contributed by atoms with van der Waals surface area (Å²) in [4.78, 5) is 12.0. The lowest BCUT2D eigenvalue weighted by Gasteiger charge is -2.05. The van der Waals surface area contributed by atoms with Gasteiger partial charge < -0.3 is 15.5 Å². The van der Waals surface area contributed by atoms with Crippen molar-refractivity contribution in [1.82, 2.24) is 0 Å². The first-order chi connectivity index (χ1) is 10.5. The minimum absolute atomic E-state index is 0.135. The van der Waals surface area contributed by atoms with Gasteiger partial charge in [0.1, 0.15) is 29.0 Å². The van der Waals surface area contributed by atoms with Gasteiger partial charge in [-0.05, 0) is 42.5 Å². The third kappa shape index (κ3) is 3.61. The summed E-state index contributed by atoms with van der Waals surface area (Å²) >= 11 is 0. The Morgan fingerprint density at radius 1 is 1.18 bits per heavy atom. The molecule has 0 radical (unpaired) electrons. The lowest BCUT2D eigenvalue weighted by molar-refractivity contribution is -0.112. The first-order valence-electron chi connectivity index (χ1n) is 6.20. The Bertz CT molecular complexity index is 777. The molecule has 0 aromatic heterocycles. The van der Waals surface area contributed by atoms with Crippen molar-refractivity contribution in [3.8, 4) is 17.6 Å². The number of nitriles is 1. The zero-order valence-corrected chi connectivity index (χ0v) is 11.2. The number of phenols is 2. The highest BCUT2D eigenvalue weighted by Gasteiger charge is 2.11. The zero-order chi connectivity index (χ0) is 16.1. The Labute approximate surface area is 125 Å². The van der Waals surface area contributed by atoms with E-state index in [9.17, 15) is 19.4 Å². The number of aromatic hydroxyl groups is 2. The van der Waals surface area contributed by atoms with Gasteiger partial charge in [0.15, 0.2) is 0 Å². The zero-order valence-electron chi connectivity index (χ0n) is 11.2. The molecule has 2 rings (SSSR count). The van der Waals surface area contributed by atoms with Crippen LogP contribution in [0, 0.1) is 17.1 Å². The van der Waals surface area contributed by atoms with Crippen molar-refractivity contribution < 1.29 is 19.4 Å². The molecule has 0 bridgehead atoms. The van der Waals surface area contributed by atoms with E-state index in [-0.39, 0.29) is 22.6 Å². The number of carbonyl (C=O) groups excluding carboxylic acids is 1. The summed E-state index contributed by atoms with van der Waals surface area (Å²) in [5, 5.41) is 30.3. The molecule has 5 nitrogen and oxygen atoms in total. The van der Waals surface area contributed by atoms with Crippen LogP contribution >= 0.6 is 0 Å². The number of nitrogens with one attached hydrogen (secondary N) is 1. The second-order valence-electron chi connectivity index (χ2n) is 4.37. The number of carbonyl (C=O) groups is 1. The van der Waals surface area contributed by atoms with Crippen LogP contribution in [0.5, 0.6) is 11.5 Å². The number of hydrogen-bond donors (Lipinski definition) is 3. The van der Waals surface area contributed by atoms with Crippen molar-refractivity contribution in [3.63, 3.8) is 0 Å². The summed E-state index contributed by atoms with van der Waals surface area (Å²) < 4.78 is 12.8. The number of halogens is 1. The standard InChI is InChI=1S/C16H11FN2O3/c17-12-2-4-13(5-3-12)19-16(22)11(9-18)7-10-1-6-14(20)8-15(10)21/h1-8,20-21H,(H,19,22)/b11-7+. The van der Waals surface area contributed by atoms with Crippen LogP contribution < -0.4 is 5.32 Å². The van der Waals surface area contributed by atoms with Gasteiger partial charge in [-0.1, -0.05) is 0 Å². The van der Waals surface area contributed by atoms with E-state index in [0.717, 1.165) is 6.07 Å². The van der Waals surface area contributed by atoms with Crippen LogP contribution in [0.1, 0.15) is 5.56 Å². The van der Waals surface area contributed by atoms with E-state index in [1.165, 1.54) is 42.5 Å². The topological polar surface area (TPSA) is 93.3 Å². The summed E-state index contributed by atoms with van der Waals surface area (Å²) in [6.45, 7) is 0. The van der Waals surface area contributed by atoms with Gasteiger partial charge in [0.25, 0.3) is 5.91 Å². The van der Waals surface area contributed by atoms with Crippen LogP contribution in [0.2, 0.25) is 0 Å². The minimum Gasteiger partial charge on any atom is -0.508 e. The van der Waals surface area contributed by atoms with E-state index in [4.69, 9.17) is 5.26 Å². The van der Waals surface area contributed by atoms with E-state index in [1.807, 2.05) is 0 Å². The molecule has 2 aromatic rings. The highest BCUT2D eigenvalue weighted by Crippen LogP contribution is 2.24. The molecule has 0 spiro atoms. The number of benzene rings is 2. The average Bonchev–Trinajstić information content (AvgIpc) is 2.49. The van der Waals surface area contributed by atoms with E-state index in [2.05, 4.69) is 5.32 Å². The molecule has 0 saturated heterocycles. The fraction of sp³-hybridized carbons (Fsp3) is 0. The number of rotatable bonds is 3. The van der Waals surface area contributed by atoms with Gasteiger partial charge in [0.05, 0.1) is 0 Å². The molecule has 2 aromatic carbocycles. The quantitative estimate of drug-likeness (QED) is 0.600. The van der Waals surface area contributed by atoms with Gasteiger partial charge in [-0.25, -0.2) is 4.39 Å². The van der Waals surface area contributed by atoms with E-state index in [1.54, 1.807) is 6.07 Å². The van der Waals surface area contributed by atoms with Crippen molar-refractivity contribution in [2.24, 2.45) is 0 Å². The van der Waals surface area contributed by atoms with Crippen molar-refractivity contribution in [2.75, 3.05) is 5.32 Å². The highest BCUT2D eigenvalue weighted by molar-refractivity contribution is 6.09. The maximum atomic E-state index is 12.8. The van der Waals surface area contributed by atoms with Gasteiger partial charge in [0, 0.05) is 17.3 Å². The van der Waals surface area contributed by atoms with E-state index in [0.29, 0.717) is 5.69 Å². The Morgan fingerprint density at radius 2 is 1.86 bits per heavy atom. The van der Waals surface area contributed by atoms with Crippen LogP contribution in [0.3, 0.4) is 0 Å². The monoisotopic (exact) mass is 298 g/mol. The number of amides is 1. The summed E-state index contributed by atoms with van der Waals surface area (Å²) in [6, 6.07) is 10.6. The summed E-state index contributed by atoms with van der Waals surface area (Å²) in [7, 11) is 0. The molecule has 0 aliphatic rings. The molecule has 0 atom stereocenters. The van der Waals surface area contributed by atoms with Crippen molar-refractivity contribution in [2.45, 2.75) is 0 Å². The molecule has 0 aliphatic carbocycles. The van der Waals surface area contributed by atoms with Crippen LogP contribution in [0.4, 0.5) is 10.1 Å². The Hall–Kier alpha value is -3.33. The highest BCUT2D eigenvalue weighted by atomic mass is 19.1. The van der Waals surface area contributed by atoms with E-state index >= 15 is 0 Å². The molecule has 0 saturated carbocycles. The number of phenolic OH excluding ortho intramolecular Hbond substituents is 2. The van der Waals surface area contributed by atoms with Crippen molar-refractivity contribution in [1.29, 1.82) is 5.26 Å². The Balaban J connectivity index is 2.23. The third-order valence-electron chi connectivity index (χ3n) is 2.78. The maximum Gasteiger partial charge on any atom is 0.266 e. The van der Waals surface area contributed by atoms with Crippen LogP contribution in [0.25, 0.3) is 6.08 Å². The predicted molar refractivity (Wildman–Crippen MR) is 78.4 cm³/mol. The molecular weight excluding hydrogens is 287 g/mol. The van der Waals surface area contributed by atoms with Crippen molar-refractivity contribution >= 4 is 17.7 Å². The average molecular weight is 298 g/mol. The lowest BCUT2D eigenvalue weighted by Crippen LogP contribution is -2.13. The first-order valence-corrected chi connectivity index (χ1v) is 6.20. The fourth-order valence-corrected chi connectivity index (χ4v) is 1.69. The SMILES string of the molecule is N#C/C(=C\c1ccc(O)cc1O)C(=O)Nc1ccc(F)cc1. The van der Waals surface area contributed by atoms with Gasteiger partial charge in [-0.15, -0.1) is 0 Å². The molecule has 3 N–H and O–H groups in total. The van der Waals surface area contributed by atoms with Gasteiger partial charge in [0.2, 0.25) is 0 Å². The molecular formula is C16H11FN2O3. The van der Waals surface area contributed by atoms with Gasteiger partial charge in [-0.2, -0.15) is 5.26 Å². The van der Waals surface area contributed by atoms with Gasteiger partial charge >= 0.3 is 0 Å². The van der Waals surface area contributed by atoms with Crippen LogP contribution in [-0.2, 0) is 4.79 Å². The molecule has 0 unspecified atom stereocenters. The second-order valence-corrected chi connectivity index (χ2v) is 4.37. The predicted octanol–water partition coefficient (Wildman–Crippen LogP) is 2.78. The van der Waals surface area contributed by atoms with Crippen LogP contribution in [-0.4, -0.2) is 16.1 Å². The lowest BCUT2D eigenvalue weighted by atomic mass is 10.1. The molecule has 0 aliphatic heterocycles. The third-order valence-corrected chi connectivity index (χ3v) is 2.78. The van der Waals surface area contributed by atoms with Crippen LogP contribution in [0.15, 0.2) is 48.0 Å². The Morgan fingerprint density at radius 3 is 2.45 bits per heavy atom. The first kappa shape index (κ1) is 15.1. The summed E-state index contributed by atoms with van der Waals surface area (Å²) in [6.07, 6.45) is 1.19. The number of hydrogen-bond acceptors (Lipinski definition) is 4. The Kier molecular flexibility index (Phi) is 4.39. The van der Waals surface area contributed by atoms with Gasteiger partial charge in [-0.3, -0.25) is 4.79 Å². The summed E-state index contributed by atoms with van der Waals surface area (Å²) in [5.74, 6) is -1.53. The smallest absolute Gasteiger partial charge is 0.266 e. The molecule has 22 heavy (non-hydrogen) atoms. The normalized spacial score (nSPS) is 10.8. The fourth-order valence-electron chi connectivity index (χ4n) is 1.69. The van der Waals surface area contributed by atoms with E-state index < -0.39 is 11.7 Å². The molecule has 1 amide bonds. The largest absolute Gasteiger partial charge is 0.508 e. The molecule has 0 heterocycles. The molecule has 110 valence electrons. The molecule has 6 heteroatoms.